The van der Waals surface area contributed by atoms with Gasteiger partial charge in [0.05, 0.1) is 7.11 Å². The average molecular weight is 328 g/mol. The van der Waals surface area contributed by atoms with Crippen molar-refractivity contribution >= 4 is 5.71 Å². The summed E-state index contributed by atoms with van der Waals surface area (Å²) in [6.45, 7) is 4.30. The highest BCUT2D eigenvalue weighted by atomic mass is 16.7. The van der Waals surface area contributed by atoms with Gasteiger partial charge in [-0.3, -0.25) is 0 Å². The zero-order chi connectivity index (χ0) is 17.3. The second-order valence-corrected chi connectivity index (χ2v) is 5.81. The van der Waals surface area contributed by atoms with Crippen molar-refractivity contribution < 1.29 is 19.3 Å². The van der Waals surface area contributed by atoms with E-state index in [0.29, 0.717) is 28.5 Å². The Morgan fingerprint density at radius 3 is 2.62 bits per heavy atom. The number of benzene rings is 2. The minimum absolute atomic E-state index is 0.0538. The van der Waals surface area contributed by atoms with Crippen LogP contribution in [-0.2, 0) is 0 Å². The Labute approximate surface area is 140 Å². The molecule has 0 amide bonds. The summed E-state index contributed by atoms with van der Waals surface area (Å²) in [6, 6.07) is 8.87. The summed E-state index contributed by atoms with van der Waals surface area (Å²) in [6.07, 6.45) is 0. The lowest BCUT2D eigenvalue weighted by atomic mass is 9.94. The van der Waals surface area contributed by atoms with E-state index < -0.39 is 0 Å². The number of hydrazone groups is 1. The molecule has 0 aliphatic carbocycles. The molecule has 1 aliphatic rings. The third-order valence-corrected chi connectivity index (χ3v) is 4.00. The van der Waals surface area contributed by atoms with Crippen LogP contribution in [0.3, 0.4) is 0 Å². The minimum atomic E-state index is 0.0538. The van der Waals surface area contributed by atoms with Gasteiger partial charge in [-0.05, 0) is 35.7 Å². The van der Waals surface area contributed by atoms with Gasteiger partial charge in [-0.25, -0.2) is 0 Å². The quantitative estimate of drug-likeness (QED) is 0.512. The smallest absolute Gasteiger partial charge is 0.231 e. The first-order valence-electron chi connectivity index (χ1n) is 7.64. The van der Waals surface area contributed by atoms with Crippen LogP contribution in [0.1, 0.15) is 36.5 Å². The number of phenolic OH excluding ortho intramolecular Hbond substituents is 1. The number of methoxy groups -OCH3 is 1. The molecule has 126 valence electrons. The van der Waals surface area contributed by atoms with Crippen molar-refractivity contribution in [2.75, 3.05) is 13.9 Å². The molecule has 1 aliphatic heterocycles. The molecule has 0 unspecified atom stereocenters. The van der Waals surface area contributed by atoms with E-state index in [4.69, 9.17) is 20.1 Å². The van der Waals surface area contributed by atoms with Crippen molar-refractivity contribution in [1.29, 1.82) is 0 Å². The van der Waals surface area contributed by atoms with Crippen molar-refractivity contribution in [3.05, 3.63) is 47.0 Å². The van der Waals surface area contributed by atoms with Gasteiger partial charge in [0, 0.05) is 17.2 Å². The van der Waals surface area contributed by atoms with E-state index in [2.05, 4.69) is 18.9 Å². The highest BCUT2D eigenvalue weighted by Gasteiger charge is 2.20. The van der Waals surface area contributed by atoms with Gasteiger partial charge in [-0.1, -0.05) is 13.8 Å². The van der Waals surface area contributed by atoms with Gasteiger partial charge in [0.25, 0.3) is 0 Å². The third-order valence-electron chi connectivity index (χ3n) is 4.00. The molecule has 0 spiro atoms. The molecule has 1 heterocycles. The largest absolute Gasteiger partial charge is 0.507 e. The van der Waals surface area contributed by atoms with E-state index in [1.165, 1.54) is 0 Å². The maximum atomic E-state index is 10.4. The molecule has 2 aromatic carbocycles. The van der Waals surface area contributed by atoms with Gasteiger partial charge in [0.15, 0.2) is 11.5 Å². The first kappa shape index (κ1) is 16.0. The molecule has 3 rings (SSSR count). The third kappa shape index (κ3) is 2.71. The zero-order valence-electron chi connectivity index (χ0n) is 13.9. The maximum Gasteiger partial charge on any atom is 0.231 e. The van der Waals surface area contributed by atoms with Crippen molar-refractivity contribution in [3.63, 3.8) is 0 Å². The number of ether oxygens (including phenoxy) is 3. The zero-order valence-corrected chi connectivity index (χ0v) is 13.9. The van der Waals surface area contributed by atoms with Crippen LogP contribution in [0.4, 0.5) is 0 Å². The average Bonchev–Trinajstić information content (AvgIpc) is 3.04. The normalized spacial score (nSPS) is 13.4. The van der Waals surface area contributed by atoms with Crippen LogP contribution < -0.4 is 20.1 Å². The van der Waals surface area contributed by atoms with Crippen LogP contribution in [0, 0.1) is 0 Å². The van der Waals surface area contributed by atoms with E-state index >= 15 is 0 Å². The summed E-state index contributed by atoms with van der Waals surface area (Å²) in [5.74, 6) is 7.83. The number of nitrogens with zero attached hydrogens (tertiary/aromatic N) is 1. The topological polar surface area (TPSA) is 86.3 Å². The number of nitrogens with two attached hydrogens (primary N) is 1. The van der Waals surface area contributed by atoms with Crippen LogP contribution >= 0.6 is 0 Å². The first-order valence-corrected chi connectivity index (χ1v) is 7.64. The molecular formula is C18H20N2O4. The fourth-order valence-electron chi connectivity index (χ4n) is 2.75. The highest BCUT2D eigenvalue weighted by Crippen LogP contribution is 2.36. The maximum absolute atomic E-state index is 10.4. The predicted molar refractivity (Wildman–Crippen MR) is 91.1 cm³/mol. The van der Waals surface area contributed by atoms with Crippen LogP contribution in [0.15, 0.2) is 35.4 Å². The monoisotopic (exact) mass is 328 g/mol. The molecule has 0 radical (unpaired) electrons. The molecule has 6 nitrogen and oxygen atoms in total. The molecule has 24 heavy (non-hydrogen) atoms. The summed E-state index contributed by atoms with van der Waals surface area (Å²) >= 11 is 0. The van der Waals surface area contributed by atoms with Gasteiger partial charge >= 0.3 is 0 Å². The molecule has 0 saturated carbocycles. The Hall–Kier alpha value is -2.89. The second-order valence-electron chi connectivity index (χ2n) is 5.81. The molecule has 0 fully saturated rings. The van der Waals surface area contributed by atoms with Gasteiger partial charge in [0.2, 0.25) is 6.79 Å². The van der Waals surface area contributed by atoms with Crippen LogP contribution in [0.5, 0.6) is 23.0 Å². The molecule has 2 aromatic rings. The summed E-state index contributed by atoms with van der Waals surface area (Å²) in [5, 5.41) is 14.3. The Morgan fingerprint density at radius 1 is 1.21 bits per heavy atom. The SMILES string of the molecule is COc1cc(O)c(/C(=N/N)c2ccc3c(c2)OCO3)cc1C(C)C. The van der Waals surface area contributed by atoms with E-state index in [-0.39, 0.29) is 18.5 Å². The minimum Gasteiger partial charge on any atom is -0.507 e. The molecule has 0 saturated heterocycles. The number of rotatable bonds is 4. The van der Waals surface area contributed by atoms with E-state index in [1.807, 2.05) is 12.1 Å². The number of hydrogen-bond donors (Lipinski definition) is 2. The number of hydrogen-bond acceptors (Lipinski definition) is 6. The Kier molecular flexibility index (Phi) is 4.20. The molecule has 0 atom stereocenters. The second kappa shape index (κ2) is 6.31. The summed E-state index contributed by atoms with van der Waals surface area (Å²) in [5.41, 5.74) is 2.71. The van der Waals surface area contributed by atoms with Gasteiger partial charge in [-0.15, -0.1) is 0 Å². The highest BCUT2D eigenvalue weighted by molar-refractivity contribution is 6.14. The Morgan fingerprint density at radius 2 is 1.96 bits per heavy atom. The summed E-state index contributed by atoms with van der Waals surface area (Å²) in [4.78, 5) is 0. The predicted octanol–water partition coefficient (Wildman–Crippen LogP) is 2.96. The molecule has 3 N–H and O–H groups in total. The van der Waals surface area contributed by atoms with Gasteiger partial charge < -0.3 is 25.2 Å². The molecule has 0 bridgehead atoms. The van der Waals surface area contributed by atoms with Crippen LogP contribution in [-0.4, -0.2) is 24.7 Å². The fraction of sp³-hybridized carbons (Fsp3) is 0.278. The van der Waals surface area contributed by atoms with Crippen molar-refractivity contribution in [2.45, 2.75) is 19.8 Å². The Bertz CT molecular complexity index is 800. The molecule has 6 heteroatoms. The van der Waals surface area contributed by atoms with E-state index in [0.717, 1.165) is 11.1 Å². The van der Waals surface area contributed by atoms with Crippen molar-refractivity contribution in [1.82, 2.24) is 0 Å². The van der Waals surface area contributed by atoms with Crippen molar-refractivity contribution in [2.24, 2.45) is 10.9 Å². The number of aromatic hydroxyl groups is 1. The number of fused-ring (bicyclic) bond motifs is 1. The lowest BCUT2D eigenvalue weighted by Gasteiger charge is -2.16. The lowest BCUT2D eigenvalue weighted by molar-refractivity contribution is 0.174. The fourth-order valence-corrected chi connectivity index (χ4v) is 2.75. The van der Waals surface area contributed by atoms with Crippen LogP contribution in [0.2, 0.25) is 0 Å². The molecular weight excluding hydrogens is 308 g/mol. The van der Waals surface area contributed by atoms with E-state index in [9.17, 15) is 5.11 Å². The van der Waals surface area contributed by atoms with Gasteiger partial charge in [0.1, 0.15) is 17.2 Å². The summed E-state index contributed by atoms with van der Waals surface area (Å²) in [7, 11) is 1.58. The Balaban J connectivity index is 2.10. The summed E-state index contributed by atoms with van der Waals surface area (Å²) < 4.78 is 16.1. The molecule has 0 aromatic heterocycles. The van der Waals surface area contributed by atoms with Gasteiger partial charge in [-0.2, -0.15) is 5.10 Å². The standard InChI is InChI=1S/C18H20N2O4/c1-10(2)12-7-13(14(21)8-16(12)22-3)18(20-19)11-4-5-15-17(6-11)24-9-23-15/h4-8,10,21H,9,19H2,1-3H3/b20-18+. The first-order chi connectivity index (χ1) is 11.5. The lowest BCUT2D eigenvalue weighted by Crippen LogP contribution is -2.08. The van der Waals surface area contributed by atoms with Crippen LogP contribution in [0.25, 0.3) is 0 Å². The van der Waals surface area contributed by atoms with E-state index in [1.54, 1.807) is 25.3 Å². The van der Waals surface area contributed by atoms with Crippen molar-refractivity contribution in [3.8, 4) is 23.0 Å². The number of phenols is 1.